The molecule has 0 radical (unpaired) electrons. The largest absolute Gasteiger partial charge is 0.397 e. The Balaban J connectivity index is 1.96. The van der Waals surface area contributed by atoms with Crippen LogP contribution in [0.2, 0.25) is 0 Å². The SMILES string of the molecule is Nc1cnn2cccc2c1C1CCCCCCCC1. The lowest BCUT2D eigenvalue weighted by Gasteiger charge is -2.19. The number of hydrogen-bond acceptors (Lipinski definition) is 2. The molecule has 0 amide bonds. The van der Waals surface area contributed by atoms with Crippen LogP contribution in [0.5, 0.6) is 0 Å². The number of aromatic nitrogens is 2. The van der Waals surface area contributed by atoms with E-state index in [1.807, 2.05) is 16.9 Å². The predicted octanol–water partition coefficient (Wildman–Crippen LogP) is 4.13. The minimum absolute atomic E-state index is 0.610. The molecule has 1 saturated carbocycles. The van der Waals surface area contributed by atoms with E-state index in [1.54, 1.807) is 0 Å². The summed E-state index contributed by atoms with van der Waals surface area (Å²) in [4.78, 5) is 0. The molecule has 1 aliphatic rings. The van der Waals surface area contributed by atoms with Crippen molar-refractivity contribution < 1.29 is 0 Å². The Morgan fingerprint density at radius 3 is 2.47 bits per heavy atom. The van der Waals surface area contributed by atoms with Gasteiger partial charge in [-0.3, -0.25) is 0 Å². The molecule has 102 valence electrons. The van der Waals surface area contributed by atoms with Crippen LogP contribution in [-0.4, -0.2) is 9.61 Å². The van der Waals surface area contributed by atoms with Gasteiger partial charge in [-0.2, -0.15) is 5.10 Å². The number of nitrogen functional groups attached to an aromatic ring is 1. The molecule has 0 saturated heterocycles. The highest BCUT2D eigenvalue weighted by atomic mass is 15.2. The van der Waals surface area contributed by atoms with Crippen LogP contribution >= 0.6 is 0 Å². The number of hydrogen-bond donors (Lipinski definition) is 1. The molecule has 0 aliphatic heterocycles. The summed E-state index contributed by atoms with van der Waals surface area (Å²) < 4.78 is 1.96. The Morgan fingerprint density at radius 2 is 1.74 bits per heavy atom. The molecule has 0 spiro atoms. The Hall–Kier alpha value is -1.51. The van der Waals surface area contributed by atoms with E-state index in [2.05, 4.69) is 17.2 Å². The maximum Gasteiger partial charge on any atom is 0.0712 e. The first kappa shape index (κ1) is 12.5. The molecule has 2 heterocycles. The van der Waals surface area contributed by atoms with Gasteiger partial charge in [0.2, 0.25) is 0 Å². The lowest BCUT2D eigenvalue weighted by Crippen LogP contribution is -2.07. The average Bonchev–Trinajstić information content (AvgIpc) is 2.91. The summed E-state index contributed by atoms with van der Waals surface area (Å²) in [6, 6.07) is 4.20. The van der Waals surface area contributed by atoms with Gasteiger partial charge >= 0.3 is 0 Å². The van der Waals surface area contributed by atoms with Crippen molar-refractivity contribution in [1.29, 1.82) is 0 Å². The van der Waals surface area contributed by atoms with Crippen LogP contribution in [0.25, 0.3) is 5.52 Å². The highest BCUT2D eigenvalue weighted by molar-refractivity contribution is 5.66. The highest BCUT2D eigenvalue weighted by Gasteiger charge is 2.18. The van der Waals surface area contributed by atoms with Crippen molar-refractivity contribution in [2.24, 2.45) is 0 Å². The second-order valence-electron chi connectivity index (χ2n) is 5.75. The second kappa shape index (κ2) is 5.64. The van der Waals surface area contributed by atoms with Gasteiger partial charge in [-0.15, -0.1) is 0 Å². The van der Waals surface area contributed by atoms with E-state index >= 15 is 0 Å². The smallest absolute Gasteiger partial charge is 0.0712 e. The summed E-state index contributed by atoms with van der Waals surface area (Å²) in [5.41, 5.74) is 9.63. The van der Waals surface area contributed by atoms with E-state index in [0.717, 1.165) is 5.69 Å². The van der Waals surface area contributed by atoms with Gasteiger partial charge in [0.05, 0.1) is 17.4 Å². The highest BCUT2D eigenvalue weighted by Crippen LogP contribution is 2.35. The van der Waals surface area contributed by atoms with E-state index in [9.17, 15) is 0 Å². The molecule has 19 heavy (non-hydrogen) atoms. The fraction of sp³-hybridized carbons (Fsp3) is 0.562. The first-order chi connectivity index (χ1) is 9.36. The fourth-order valence-corrected chi connectivity index (χ4v) is 3.39. The molecule has 2 aromatic heterocycles. The Kier molecular flexibility index (Phi) is 3.72. The van der Waals surface area contributed by atoms with E-state index < -0.39 is 0 Å². The molecule has 1 fully saturated rings. The molecule has 2 N–H and O–H groups in total. The quantitative estimate of drug-likeness (QED) is 0.834. The van der Waals surface area contributed by atoms with Gasteiger partial charge in [0.15, 0.2) is 0 Å². The van der Waals surface area contributed by atoms with Crippen LogP contribution < -0.4 is 5.73 Å². The summed E-state index contributed by atoms with van der Waals surface area (Å²) >= 11 is 0. The maximum atomic E-state index is 6.23. The van der Waals surface area contributed by atoms with Crippen molar-refractivity contribution in [1.82, 2.24) is 9.61 Å². The summed E-state index contributed by atoms with van der Waals surface area (Å²) in [7, 11) is 0. The molecule has 0 atom stereocenters. The van der Waals surface area contributed by atoms with Crippen molar-refractivity contribution in [2.45, 2.75) is 57.3 Å². The zero-order valence-corrected chi connectivity index (χ0v) is 11.5. The summed E-state index contributed by atoms with van der Waals surface area (Å²) in [5.74, 6) is 0.610. The van der Waals surface area contributed by atoms with E-state index in [4.69, 9.17) is 5.73 Å². The Bertz CT molecular complexity index is 534. The van der Waals surface area contributed by atoms with Gasteiger partial charge in [-0.25, -0.2) is 4.52 Å². The first-order valence-corrected chi connectivity index (χ1v) is 7.58. The third-order valence-corrected chi connectivity index (χ3v) is 4.40. The van der Waals surface area contributed by atoms with Crippen LogP contribution in [0.4, 0.5) is 5.69 Å². The fourth-order valence-electron chi connectivity index (χ4n) is 3.39. The molecule has 0 unspecified atom stereocenters. The second-order valence-corrected chi connectivity index (χ2v) is 5.75. The topological polar surface area (TPSA) is 43.3 Å². The molecule has 0 bridgehead atoms. The van der Waals surface area contributed by atoms with Gasteiger partial charge in [-0.05, 0) is 30.9 Å². The van der Waals surface area contributed by atoms with Crippen LogP contribution in [0, 0.1) is 0 Å². The third kappa shape index (κ3) is 2.60. The Labute approximate surface area is 114 Å². The van der Waals surface area contributed by atoms with Gasteiger partial charge in [0.1, 0.15) is 0 Å². The molecule has 0 aromatic carbocycles. The third-order valence-electron chi connectivity index (χ3n) is 4.40. The van der Waals surface area contributed by atoms with Crippen molar-refractivity contribution in [3.8, 4) is 0 Å². The van der Waals surface area contributed by atoms with Crippen molar-refractivity contribution >= 4 is 11.2 Å². The van der Waals surface area contributed by atoms with Gasteiger partial charge in [0, 0.05) is 11.8 Å². The van der Waals surface area contributed by atoms with Gasteiger partial charge < -0.3 is 5.73 Å². The number of rotatable bonds is 1. The van der Waals surface area contributed by atoms with E-state index in [1.165, 1.54) is 62.4 Å². The van der Waals surface area contributed by atoms with Gasteiger partial charge in [0.25, 0.3) is 0 Å². The zero-order chi connectivity index (χ0) is 13.1. The van der Waals surface area contributed by atoms with Gasteiger partial charge in [-0.1, -0.05) is 38.5 Å². The number of fused-ring (bicyclic) bond motifs is 1. The molecular weight excluding hydrogens is 234 g/mol. The van der Waals surface area contributed by atoms with E-state index in [0.29, 0.717) is 5.92 Å². The normalized spacial score (nSPS) is 18.9. The van der Waals surface area contributed by atoms with Crippen molar-refractivity contribution in [3.05, 3.63) is 30.1 Å². The van der Waals surface area contributed by atoms with Crippen LogP contribution in [0.3, 0.4) is 0 Å². The zero-order valence-electron chi connectivity index (χ0n) is 11.5. The maximum absolute atomic E-state index is 6.23. The molecule has 3 rings (SSSR count). The number of nitrogens with zero attached hydrogens (tertiary/aromatic N) is 2. The molecule has 2 aromatic rings. The first-order valence-electron chi connectivity index (χ1n) is 7.58. The number of anilines is 1. The van der Waals surface area contributed by atoms with Crippen molar-refractivity contribution in [3.63, 3.8) is 0 Å². The van der Waals surface area contributed by atoms with E-state index in [-0.39, 0.29) is 0 Å². The number of nitrogens with two attached hydrogens (primary N) is 1. The minimum atomic E-state index is 0.610. The molecular formula is C16H23N3. The standard InChI is InChI=1S/C16H23N3/c17-14-12-18-19-11-7-10-15(19)16(14)13-8-5-3-1-2-4-6-9-13/h7,10-13H,1-6,8-9,17H2. The minimum Gasteiger partial charge on any atom is -0.397 e. The lowest BCUT2D eigenvalue weighted by molar-refractivity contribution is 0.541. The summed E-state index contributed by atoms with van der Waals surface area (Å²) in [5, 5.41) is 4.35. The van der Waals surface area contributed by atoms with Crippen LogP contribution in [0.1, 0.15) is 62.8 Å². The molecule has 3 heteroatoms. The Morgan fingerprint density at radius 1 is 1.05 bits per heavy atom. The molecule has 1 aliphatic carbocycles. The lowest BCUT2D eigenvalue weighted by atomic mass is 9.88. The summed E-state index contributed by atoms with van der Waals surface area (Å²) in [6.45, 7) is 0. The average molecular weight is 257 g/mol. The summed E-state index contributed by atoms with van der Waals surface area (Å²) in [6.07, 6.45) is 14.6. The molecule has 3 nitrogen and oxygen atoms in total. The predicted molar refractivity (Wildman–Crippen MR) is 79.3 cm³/mol. The van der Waals surface area contributed by atoms with Crippen LogP contribution in [0.15, 0.2) is 24.5 Å². The monoisotopic (exact) mass is 257 g/mol. The van der Waals surface area contributed by atoms with Crippen LogP contribution in [-0.2, 0) is 0 Å². The van der Waals surface area contributed by atoms with Crippen molar-refractivity contribution in [2.75, 3.05) is 5.73 Å².